The third kappa shape index (κ3) is 3.99. The van der Waals surface area contributed by atoms with Crippen molar-refractivity contribution in [1.29, 1.82) is 0 Å². The molecule has 1 saturated carbocycles. The van der Waals surface area contributed by atoms with Crippen molar-refractivity contribution < 1.29 is 14.3 Å². The normalized spacial score (nSPS) is 26.7. The highest BCUT2D eigenvalue weighted by Gasteiger charge is 2.43. The van der Waals surface area contributed by atoms with Gasteiger partial charge in [-0.25, -0.2) is 9.69 Å². The van der Waals surface area contributed by atoms with E-state index in [-0.39, 0.29) is 18.6 Å². The van der Waals surface area contributed by atoms with Gasteiger partial charge in [-0.2, -0.15) is 0 Å². The molecule has 0 aromatic heterocycles. The molecule has 2 unspecified atom stereocenters. The summed E-state index contributed by atoms with van der Waals surface area (Å²) in [5, 5.41) is 3.77. The lowest BCUT2D eigenvalue weighted by atomic mass is 9.79. The molecule has 0 radical (unpaired) electrons. The van der Waals surface area contributed by atoms with E-state index < -0.39 is 18.0 Å². The first-order valence-corrected chi connectivity index (χ1v) is 9.18. The molecule has 1 saturated heterocycles. The van der Waals surface area contributed by atoms with Gasteiger partial charge in [0.2, 0.25) is 5.91 Å². The Morgan fingerprint density at radius 3 is 2.65 bits per heavy atom. The molecule has 1 aliphatic carbocycles. The number of azide groups is 1. The van der Waals surface area contributed by atoms with E-state index >= 15 is 0 Å². The quantitative estimate of drug-likeness (QED) is 0.452. The van der Waals surface area contributed by atoms with Crippen LogP contribution in [0.5, 0.6) is 0 Å². The average Bonchev–Trinajstić information content (AvgIpc) is 3.01. The first kappa shape index (κ1) is 18.3. The Morgan fingerprint density at radius 2 is 2.00 bits per heavy atom. The van der Waals surface area contributed by atoms with E-state index in [0.29, 0.717) is 12.3 Å². The van der Waals surface area contributed by atoms with Crippen LogP contribution in [0.4, 0.5) is 4.79 Å². The van der Waals surface area contributed by atoms with E-state index in [2.05, 4.69) is 16.9 Å². The van der Waals surface area contributed by atoms with Crippen molar-refractivity contribution in [3.05, 3.63) is 46.3 Å². The molecule has 0 N–H and O–H groups in total. The van der Waals surface area contributed by atoms with E-state index in [1.54, 1.807) is 0 Å². The van der Waals surface area contributed by atoms with Crippen LogP contribution in [0.1, 0.15) is 38.2 Å². The van der Waals surface area contributed by atoms with Crippen LogP contribution in [0.25, 0.3) is 10.4 Å². The second-order valence-corrected chi connectivity index (χ2v) is 7.30. The summed E-state index contributed by atoms with van der Waals surface area (Å²) < 4.78 is 5.14. The van der Waals surface area contributed by atoms with Crippen molar-refractivity contribution in [3.8, 4) is 0 Å². The fourth-order valence-electron chi connectivity index (χ4n) is 3.91. The lowest BCUT2D eigenvalue weighted by molar-refractivity contribution is -0.132. The molecule has 2 aliphatic rings. The molecule has 1 heterocycles. The molecule has 3 rings (SSSR count). The molecule has 0 spiro atoms. The Morgan fingerprint density at radius 1 is 1.31 bits per heavy atom. The highest BCUT2D eigenvalue weighted by Crippen LogP contribution is 2.33. The van der Waals surface area contributed by atoms with Crippen molar-refractivity contribution in [2.45, 2.75) is 51.1 Å². The van der Waals surface area contributed by atoms with Crippen LogP contribution in [0.3, 0.4) is 0 Å². The van der Waals surface area contributed by atoms with Gasteiger partial charge in [-0.05, 0) is 42.2 Å². The number of hydrogen-bond acceptors (Lipinski definition) is 4. The van der Waals surface area contributed by atoms with Crippen molar-refractivity contribution in [2.24, 2.45) is 17.0 Å². The van der Waals surface area contributed by atoms with E-state index in [1.807, 2.05) is 30.3 Å². The molecule has 26 heavy (non-hydrogen) atoms. The zero-order valence-electron chi connectivity index (χ0n) is 15.0. The van der Waals surface area contributed by atoms with E-state index in [1.165, 1.54) is 4.90 Å². The van der Waals surface area contributed by atoms with E-state index in [0.717, 1.165) is 31.2 Å². The summed E-state index contributed by atoms with van der Waals surface area (Å²) >= 11 is 0. The second kappa shape index (κ2) is 8.23. The summed E-state index contributed by atoms with van der Waals surface area (Å²) in [5.74, 6) is 0.182. The summed E-state index contributed by atoms with van der Waals surface area (Å²) in [6.45, 7) is 2.36. The van der Waals surface area contributed by atoms with Gasteiger partial charge in [-0.1, -0.05) is 55.2 Å². The van der Waals surface area contributed by atoms with Crippen molar-refractivity contribution in [3.63, 3.8) is 0 Å². The summed E-state index contributed by atoms with van der Waals surface area (Å²) in [6, 6.07) is 8.48. The summed E-state index contributed by atoms with van der Waals surface area (Å²) in [4.78, 5) is 29.3. The Hall–Kier alpha value is -2.53. The van der Waals surface area contributed by atoms with Gasteiger partial charge in [0.25, 0.3) is 0 Å². The highest BCUT2D eigenvalue weighted by molar-refractivity contribution is 5.96. The number of rotatable bonds is 5. The molecular formula is C19H24N4O3. The van der Waals surface area contributed by atoms with Gasteiger partial charge in [0.05, 0.1) is 6.04 Å². The highest BCUT2D eigenvalue weighted by atomic mass is 16.6. The molecule has 2 amide bonds. The summed E-state index contributed by atoms with van der Waals surface area (Å²) in [6.07, 6.45) is 3.58. The number of cyclic esters (lactones) is 1. The SMILES string of the molecule is CC1CCC(C(N=[N+]=[N-])C(=O)N2C(=O)OCC2Cc2ccccc2)CC1. The first-order chi connectivity index (χ1) is 12.6. The minimum atomic E-state index is -0.837. The van der Waals surface area contributed by atoms with Crippen LogP contribution in [-0.4, -0.2) is 35.6 Å². The van der Waals surface area contributed by atoms with Gasteiger partial charge < -0.3 is 4.74 Å². The van der Waals surface area contributed by atoms with E-state index in [9.17, 15) is 9.59 Å². The number of benzene rings is 1. The van der Waals surface area contributed by atoms with Crippen LogP contribution < -0.4 is 0 Å². The predicted molar refractivity (Wildman–Crippen MR) is 96.2 cm³/mol. The van der Waals surface area contributed by atoms with E-state index in [4.69, 9.17) is 10.3 Å². The van der Waals surface area contributed by atoms with Crippen molar-refractivity contribution >= 4 is 12.0 Å². The van der Waals surface area contributed by atoms with Gasteiger partial charge in [0.1, 0.15) is 12.6 Å². The third-order valence-electron chi connectivity index (χ3n) is 5.45. The largest absolute Gasteiger partial charge is 0.447 e. The van der Waals surface area contributed by atoms with Gasteiger partial charge in [-0.3, -0.25) is 4.79 Å². The van der Waals surface area contributed by atoms with Crippen molar-refractivity contribution in [2.75, 3.05) is 6.61 Å². The van der Waals surface area contributed by atoms with Crippen LogP contribution in [0, 0.1) is 11.8 Å². The average molecular weight is 356 g/mol. The molecule has 138 valence electrons. The monoisotopic (exact) mass is 356 g/mol. The number of amides is 2. The van der Waals surface area contributed by atoms with Gasteiger partial charge in [0, 0.05) is 4.91 Å². The Balaban J connectivity index is 1.77. The molecule has 1 aromatic carbocycles. The number of hydrogen-bond donors (Lipinski definition) is 0. The van der Waals surface area contributed by atoms with Crippen LogP contribution in [-0.2, 0) is 16.0 Å². The number of carbonyl (C=O) groups excluding carboxylic acids is 2. The molecule has 1 aliphatic heterocycles. The van der Waals surface area contributed by atoms with Crippen LogP contribution >= 0.6 is 0 Å². The molecule has 2 fully saturated rings. The lowest BCUT2D eigenvalue weighted by Gasteiger charge is -2.32. The van der Waals surface area contributed by atoms with Crippen LogP contribution in [0.15, 0.2) is 35.4 Å². The number of nitrogens with zero attached hydrogens (tertiary/aromatic N) is 4. The minimum Gasteiger partial charge on any atom is -0.447 e. The lowest BCUT2D eigenvalue weighted by Crippen LogP contribution is -2.47. The third-order valence-corrected chi connectivity index (χ3v) is 5.45. The Labute approximate surface area is 152 Å². The first-order valence-electron chi connectivity index (χ1n) is 9.18. The van der Waals surface area contributed by atoms with Crippen molar-refractivity contribution in [1.82, 2.24) is 4.90 Å². The maximum Gasteiger partial charge on any atom is 0.416 e. The smallest absolute Gasteiger partial charge is 0.416 e. The van der Waals surface area contributed by atoms with Gasteiger partial charge >= 0.3 is 6.09 Å². The van der Waals surface area contributed by atoms with Gasteiger partial charge in [-0.15, -0.1) is 0 Å². The second-order valence-electron chi connectivity index (χ2n) is 7.30. The van der Waals surface area contributed by atoms with Crippen LogP contribution in [0.2, 0.25) is 0 Å². The molecule has 7 nitrogen and oxygen atoms in total. The molecule has 2 atom stereocenters. The summed E-state index contributed by atoms with van der Waals surface area (Å²) in [7, 11) is 0. The predicted octanol–water partition coefficient (Wildman–Crippen LogP) is 4.08. The molecule has 1 aromatic rings. The topological polar surface area (TPSA) is 95.4 Å². The Kier molecular flexibility index (Phi) is 5.78. The number of ether oxygens (including phenoxy) is 1. The standard InChI is InChI=1S/C19H24N4O3/c1-13-7-9-15(10-8-13)17(21-22-20)18(24)23-16(12-26-19(23)25)11-14-5-3-2-4-6-14/h2-6,13,15-17H,7-12H2,1H3. The minimum absolute atomic E-state index is 0.0135. The molecular weight excluding hydrogens is 332 g/mol. The molecule has 0 bridgehead atoms. The fourth-order valence-corrected chi connectivity index (χ4v) is 3.91. The zero-order chi connectivity index (χ0) is 18.5. The number of carbonyl (C=O) groups is 2. The number of imide groups is 1. The van der Waals surface area contributed by atoms with Gasteiger partial charge in [0.15, 0.2) is 0 Å². The fraction of sp³-hybridized carbons (Fsp3) is 0.579. The maximum absolute atomic E-state index is 13.1. The maximum atomic E-state index is 13.1. The zero-order valence-corrected chi connectivity index (χ0v) is 15.0. The Bertz CT molecular complexity index is 694. The summed E-state index contributed by atoms with van der Waals surface area (Å²) in [5.41, 5.74) is 9.98. The molecule has 7 heteroatoms.